The largest absolute Gasteiger partial charge is 0.321 e. The molecule has 2 rings (SSSR count). The molecule has 3 nitrogen and oxygen atoms in total. The van der Waals surface area contributed by atoms with Crippen molar-refractivity contribution in [2.45, 2.75) is 13.8 Å². The fraction of sp³-hybridized carbons (Fsp3) is 0.111. The van der Waals surface area contributed by atoms with E-state index in [4.69, 9.17) is 5.26 Å². The summed E-state index contributed by atoms with van der Waals surface area (Å²) >= 11 is 0. The standard InChI is InChI=1S/C18H14F2N2O/c1-11-6-7-14(8-12(11)2)22-18(23)13(10-21)9-15-16(19)4-3-5-17(15)20/h3-9H,1-2H3,(H,22,23)/b13-9+. The highest BCUT2D eigenvalue weighted by molar-refractivity contribution is 6.09. The summed E-state index contributed by atoms with van der Waals surface area (Å²) in [5.74, 6) is -2.40. The van der Waals surface area contributed by atoms with Crippen molar-refractivity contribution in [1.82, 2.24) is 0 Å². The minimum absolute atomic E-state index is 0.382. The molecule has 0 bridgehead atoms. The Balaban J connectivity index is 2.30. The summed E-state index contributed by atoms with van der Waals surface area (Å²) in [6, 6.07) is 10.3. The molecular weight excluding hydrogens is 298 g/mol. The van der Waals surface area contributed by atoms with Crippen molar-refractivity contribution in [3.8, 4) is 6.07 Å². The van der Waals surface area contributed by atoms with Gasteiger partial charge in [-0.25, -0.2) is 8.78 Å². The predicted octanol–water partition coefficient (Wildman–Crippen LogP) is 4.13. The lowest BCUT2D eigenvalue weighted by molar-refractivity contribution is -0.112. The number of halogens is 2. The third kappa shape index (κ3) is 3.80. The number of amides is 1. The van der Waals surface area contributed by atoms with Crippen LogP contribution in [0.15, 0.2) is 42.0 Å². The Morgan fingerprint density at radius 1 is 1.13 bits per heavy atom. The zero-order valence-corrected chi connectivity index (χ0v) is 12.7. The molecule has 0 radical (unpaired) electrons. The number of nitrogens with zero attached hydrogens (tertiary/aromatic N) is 1. The van der Waals surface area contributed by atoms with Gasteiger partial charge in [-0.05, 0) is 55.3 Å². The molecule has 5 heteroatoms. The van der Waals surface area contributed by atoms with Crippen LogP contribution in [0.4, 0.5) is 14.5 Å². The molecule has 2 aromatic rings. The number of hydrogen-bond acceptors (Lipinski definition) is 2. The Morgan fingerprint density at radius 3 is 2.35 bits per heavy atom. The summed E-state index contributed by atoms with van der Waals surface area (Å²) in [7, 11) is 0. The van der Waals surface area contributed by atoms with E-state index >= 15 is 0 Å². The zero-order chi connectivity index (χ0) is 17.0. The van der Waals surface area contributed by atoms with Gasteiger partial charge >= 0.3 is 0 Å². The van der Waals surface area contributed by atoms with E-state index in [1.54, 1.807) is 18.2 Å². The van der Waals surface area contributed by atoms with E-state index in [0.717, 1.165) is 29.3 Å². The number of carbonyl (C=O) groups is 1. The van der Waals surface area contributed by atoms with Gasteiger partial charge in [0, 0.05) is 11.3 Å². The van der Waals surface area contributed by atoms with E-state index < -0.39 is 23.1 Å². The predicted molar refractivity (Wildman–Crippen MR) is 84.5 cm³/mol. The van der Waals surface area contributed by atoms with E-state index in [1.807, 2.05) is 19.9 Å². The molecule has 0 aliphatic carbocycles. The number of carbonyl (C=O) groups excluding carboxylic acids is 1. The molecule has 0 saturated heterocycles. The maximum absolute atomic E-state index is 13.6. The van der Waals surface area contributed by atoms with Gasteiger partial charge in [0.15, 0.2) is 0 Å². The third-order valence-electron chi connectivity index (χ3n) is 3.42. The maximum Gasteiger partial charge on any atom is 0.266 e. The highest BCUT2D eigenvalue weighted by atomic mass is 19.1. The van der Waals surface area contributed by atoms with Gasteiger partial charge in [0.2, 0.25) is 0 Å². The minimum Gasteiger partial charge on any atom is -0.321 e. The van der Waals surface area contributed by atoms with Gasteiger partial charge in [0.05, 0.1) is 0 Å². The first kappa shape index (κ1) is 16.4. The van der Waals surface area contributed by atoms with E-state index in [0.29, 0.717) is 5.69 Å². The van der Waals surface area contributed by atoms with Crippen LogP contribution < -0.4 is 5.32 Å². The Hall–Kier alpha value is -3.00. The highest BCUT2D eigenvalue weighted by Gasteiger charge is 2.13. The van der Waals surface area contributed by atoms with Gasteiger partial charge < -0.3 is 5.32 Å². The fourth-order valence-electron chi connectivity index (χ4n) is 1.96. The second kappa shape index (κ2) is 6.84. The van der Waals surface area contributed by atoms with E-state index in [2.05, 4.69) is 5.32 Å². The molecule has 0 aromatic heterocycles. The molecule has 0 atom stereocenters. The smallest absolute Gasteiger partial charge is 0.266 e. The van der Waals surface area contributed by atoms with Crippen LogP contribution in [0.5, 0.6) is 0 Å². The zero-order valence-electron chi connectivity index (χ0n) is 12.7. The summed E-state index contributed by atoms with van der Waals surface area (Å²) < 4.78 is 27.2. The van der Waals surface area contributed by atoms with Crippen LogP contribution in [-0.4, -0.2) is 5.91 Å². The highest BCUT2D eigenvalue weighted by Crippen LogP contribution is 2.18. The summed E-state index contributed by atoms with van der Waals surface area (Å²) in [6.07, 6.45) is 0.904. The molecule has 0 spiro atoms. The number of hydrogen-bond donors (Lipinski definition) is 1. The van der Waals surface area contributed by atoms with E-state index in [9.17, 15) is 13.6 Å². The Labute approximate surface area is 132 Å². The van der Waals surface area contributed by atoms with Crippen LogP contribution in [0.1, 0.15) is 16.7 Å². The van der Waals surface area contributed by atoms with Crippen LogP contribution >= 0.6 is 0 Å². The number of aryl methyl sites for hydroxylation is 2. The number of nitrogens with one attached hydrogen (secondary N) is 1. The molecule has 0 saturated carbocycles. The van der Waals surface area contributed by atoms with Crippen molar-refractivity contribution < 1.29 is 13.6 Å². The number of anilines is 1. The van der Waals surface area contributed by atoms with Crippen LogP contribution in [0.25, 0.3) is 6.08 Å². The van der Waals surface area contributed by atoms with Crippen LogP contribution in [0, 0.1) is 36.8 Å². The first-order valence-electron chi connectivity index (χ1n) is 6.87. The minimum atomic E-state index is -0.836. The molecule has 23 heavy (non-hydrogen) atoms. The average Bonchev–Trinajstić information content (AvgIpc) is 2.50. The molecule has 0 aliphatic rings. The van der Waals surface area contributed by atoms with Crippen LogP contribution in [0.3, 0.4) is 0 Å². The Kier molecular flexibility index (Phi) is 4.87. The van der Waals surface area contributed by atoms with Crippen LogP contribution in [0.2, 0.25) is 0 Å². The van der Waals surface area contributed by atoms with Crippen molar-refractivity contribution in [1.29, 1.82) is 5.26 Å². The maximum atomic E-state index is 13.6. The third-order valence-corrected chi connectivity index (χ3v) is 3.42. The number of rotatable bonds is 3. The lowest BCUT2D eigenvalue weighted by Gasteiger charge is -2.07. The SMILES string of the molecule is Cc1ccc(NC(=O)/C(C#N)=C/c2c(F)cccc2F)cc1C. The van der Waals surface area contributed by atoms with Gasteiger partial charge in [0.1, 0.15) is 23.3 Å². The summed E-state index contributed by atoms with van der Waals surface area (Å²) in [4.78, 5) is 12.1. The van der Waals surface area contributed by atoms with Crippen LogP contribution in [-0.2, 0) is 4.79 Å². The van der Waals surface area contributed by atoms with Gasteiger partial charge in [-0.2, -0.15) is 5.26 Å². The Bertz CT molecular complexity index is 815. The average molecular weight is 312 g/mol. The molecule has 0 unspecified atom stereocenters. The second-order valence-electron chi connectivity index (χ2n) is 5.06. The molecule has 0 fully saturated rings. The van der Waals surface area contributed by atoms with Gasteiger partial charge in [0.25, 0.3) is 5.91 Å². The molecule has 1 amide bonds. The first-order chi connectivity index (χ1) is 10.9. The summed E-state index contributed by atoms with van der Waals surface area (Å²) in [5, 5.41) is 11.6. The monoisotopic (exact) mass is 312 g/mol. The normalized spacial score (nSPS) is 11.0. The summed E-state index contributed by atoms with van der Waals surface area (Å²) in [5.41, 5.74) is 1.75. The van der Waals surface area contributed by atoms with Crippen molar-refractivity contribution >= 4 is 17.7 Å². The van der Waals surface area contributed by atoms with Crippen molar-refractivity contribution in [2.75, 3.05) is 5.32 Å². The molecule has 0 aliphatic heterocycles. The Morgan fingerprint density at radius 2 is 1.78 bits per heavy atom. The molecule has 0 heterocycles. The quantitative estimate of drug-likeness (QED) is 0.684. The van der Waals surface area contributed by atoms with Gasteiger partial charge in [-0.1, -0.05) is 12.1 Å². The van der Waals surface area contributed by atoms with E-state index in [-0.39, 0.29) is 5.57 Å². The van der Waals surface area contributed by atoms with Crippen molar-refractivity contribution in [2.24, 2.45) is 0 Å². The first-order valence-corrected chi connectivity index (χ1v) is 6.87. The molecule has 2 aromatic carbocycles. The number of nitriles is 1. The topological polar surface area (TPSA) is 52.9 Å². The van der Waals surface area contributed by atoms with Gasteiger partial charge in [-0.3, -0.25) is 4.79 Å². The molecular formula is C18H14F2N2O. The lowest BCUT2D eigenvalue weighted by atomic mass is 10.1. The van der Waals surface area contributed by atoms with E-state index in [1.165, 1.54) is 6.07 Å². The van der Waals surface area contributed by atoms with Crippen molar-refractivity contribution in [3.63, 3.8) is 0 Å². The molecule has 1 N–H and O–H groups in total. The number of benzene rings is 2. The fourth-order valence-corrected chi connectivity index (χ4v) is 1.96. The second-order valence-corrected chi connectivity index (χ2v) is 5.06. The van der Waals surface area contributed by atoms with Crippen molar-refractivity contribution in [3.05, 3.63) is 70.3 Å². The van der Waals surface area contributed by atoms with Gasteiger partial charge in [-0.15, -0.1) is 0 Å². The lowest BCUT2D eigenvalue weighted by Crippen LogP contribution is -2.13. The summed E-state index contributed by atoms with van der Waals surface area (Å²) in [6.45, 7) is 3.82. The molecule has 116 valence electrons.